The maximum absolute atomic E-state index is 12.4. The summed E-state index contributed by atoms with van der Waals surface area (Å²) in [6.07, 6.45) is 0.207. The largest absolute Gasteiger partial charge is 0.508 e. The zero-order chi connectivity index (χ0) is 18.7. The molecule has 0 aliphatic carbocycles. The van der Waals surface area contributed by atoms with Crippen LogP contribution in [0.1, 0.15) is 37.3 Å². The lowest BCUT2D eigenvalue weighted by Gasteiger charge is -2.16. The first-order valence-electron chi connectivity index (χ1n) is 8.90. The van der Waals surface area contributed by atoms with Gasteiger partial charge in [0.2, 0.25) is 11.8 Å². The van der Waals surface area contributed by atoms with Gasteiger partial charge in [-0.3, -0.25) is 9.59 Å². The third-order valence-corrected chi connectivity index (χ3v) is 4.77. The number of rotatable bonds is 5. The molecule has 1 aliphatic rings. The van der Waals surface area contributed by atoms with E-state index in [1.165, 1.54) is 17.7 Å². The first kappa shape index (κ1) is 18.0. The van der Waals surface area contributed by atoms with Crippen molar-refractivity contribution in [3.8, 4) is 5.75 Å². The Labute approximate surface area is 153 Å². The standard InChI is InChI=1S/C21H24N2O3/c1-14(2)16-5-3-15(4-6-16)12-22-21(26)17-11-20(25)23(13-17)18-7-9-19(24)10-8-18/h3-10,14,17,24H,11-13H2,1-2H3,(H,22,26)/t17-/m1/s1. The second-order valence-electron chi connectivity index (χ2n) is 7.04. The fourth-order valence-electron chi connectivity index (χ4n) is 3.12. The second kappa shape index (κ2) is 7.60. The normalized spacial score (nSPS) is 17.0. The van der Waals surface area contributed by atoms with E-state index in [1.807, 2.05) is 12.1 Å². The van der Waals surface area contributed by atoms with Crippen molar-refractivity contribution < 1.29 is 14.7 Å². The Balaban J connectivity index is 1.57. The molecule has 0 radical (unpaired) electrons. The molecule has 5 nitrogen and oxygen atoms in total. The maximum Gasteiger partial charge on any atom is 0.227 e. The number of hydrogen-bond acceptors (Lipinski definition) is 3. The van der Waals surface area contributed by atoms with Gasteiger partial charge in [-0.05, 0) is 41.3 Å². The van der Waals surface area contributed by atoms with Crippen molar-refractivity contribution in [2.45, 2.75) is 32.7 Å². The van der Waals surface area contributed by atoms with Gasteiger partial charge in [0.15, 0.2) is 0 Å². The van der Waals surface area contributed by atoms with Gasteiger partial charge in [-0.25, -0.2) is 0 Å². The lowest BCUT2D eigenvalue weighted by Crippen LogP contribution is -2.32. The third kappa shape index (κ3) is 4.04. The lowest BCUT2D eigenvalue weighted by atomic mass is 10.0. The third-order valence-electron chi connectivity index (χ3n) is 4.77. The van der Waals surface area contributed by atoms with Crippen LogP contribution in [0.2, 0.25) is 0 Å². The molecule has 2 aromatic rings. The van der Waals surface area contributed by atoms with Gasteiger partial charge >= 0.3 is 0 Å². The minimum Gasteiger partial charge on any atom is -0.508 e. The Morgan fingerprint density at radius 3 is 2.42 bits per heavy atom. The minimum atomic E-state index is -0.355. The van der Waals surface area contributed by atoms with E-state index >= 15 is 0 Å². The molecular weight excluding hydrogens is 328 g/mol. The van der Waals surface area contributed by atoms with Gasteiger partial charge in [0.1, 0.15) is 5.75 Å². The van der Waals surface area contributed by atoms with Crippen molar-refractivity contribution in [3.63, 3.8) is 0 Å². The molecule has 0 aromatic heterocycles. The number of amides is 2. The average molecular weight is 352 g/mol. The Morgan fingerprint density at radius 2 is 1.81 bits per heavy atom. The molecule has 3 rings (SSSR count). The second-order valence-corrected chi connectivity index (χ2v) is 7.04. The number of hydrogen-bond donors (Lipinski definition) is 2. The van der Waals surface area contributed by atoms with Crippen molar-refractivity contribution in [2.24, 2.45) is 5.92 Å². The zero-order valence-corrected chi connectivity index (χ0v) is 15.1. The molecular formula is C21H24N2O3. The summed E-state index contributed by atoms with van der Waals surface area (Å²) in [5.41, 5.74) is 3.01. The van der Waals surface area contributed by atoms with Crippen molar-refractivity contribution in [2.75, 3.05) is 11.4 Å². The van der Waals surface area contributed by atoms with Crippen LogP contribution in [0.25, 0.3) is 0 Å². The van der Waals surface area contributed by atoms with Crippen LogP contribution in [-0.4, -0.2) is 23.5 Å². The molecule has 136 valence electrons. The van der Waals surface area contributed by atoms with Gasteiger partial charge in [0.25, 0.3) is 0 Å². The first-order chi connectivity index (χ1) is 12.4. The predicted octanol–water partition coefficient (Wildman–Crippen LogP) is 3.18. The number of aromatic hydroxyl groups is 1. The van der Waals surface area contributed by atoms with Crippen LogP contribution in [0.15, 0.2) is 48.5 Å². The van der Waals surface area contributed by atoms with E-state index in [0.29, 0.717) is 24.7 Å². The molecule has 1 fully saturated rings. The molecule has 5 heteroatoms. The minimum absolute atomic E-state index is 0.0721. The highest BCUT2D eigenvalue weighted by Gasteiger charge is 2.34. The van der Waals surface area contributed by atoms with E-state index in [1.54, 1.807) is 17.0 Å². The molecule has 0 bridgehead atoms. The summed E-state index contributed by atoms with van der Waals surface area (Å²) in [6.45, 7) is 5.12. The van der Waals surface area contributed by atoms with E-state index in [9.17, 15) is 14.7 Å². The predicted molar refractivity (Wildman–Crippen MR) is 101 cm³/mol. The Hall–Kier alpha value is -2.82. The van der Waals surface area contributed by atoms with Gasteiger partial charge in [0.05, 0.1) is 5.92 Å². The first-order valence-corrected chi connectivity index (χ1v) is 8.90. The topological polar surface area (TPSA) is 69.6 Å². The van der Waals surface area contributed by atoms with Crippen LogP contribution in [0.4, 0.5) is 5.69 Å². The van der Waals surface area contributed by atoms with Gasteiger partial charge in [-0.1, -0.05) is 38.1 Å². The van der Waals surface area contributed by atoms with Crippen LogP contribution in [0.3, 0.4) is 0 Å². The van der Waals surface area contributed by atoms with E-state index in [0.717, 1.165) is 5.56 Å². The van der Waals surface area contributed by atoms with Crippen molar-refractivity contribution >= 4 is 17.5 Å². The zero-order valence-electron chi connectivity index (χ0n) is 15.1. The van der Waals surface area contributed by atoms with Gasteiger partial charge in [-0.2, -0.15) is 0 Å². The quantitative estimate of drug-likeness (QED) is 0.868. The SMILES string of the molecule is CC(C)c1ccc(CNC(=O)[C@@H]2CC(=O)N(c3ccc(O)cc3)C2)cc1. The number of anilines is 1. The van der Waals surface area contributed by atoms with E-state index in [-0.39, 0.29) is 29.9 Å². The molecule has 1 aliphatic heterocycles. The van der Waals surface area contributed by atoms with Crippen LogP contribution >= 0.6 is 0 Å². The monoisotopic (exact) mass is 352 g/mol. The molecule has 2 aromatic carbocycles. The molecule has 0 saturated carbocycles. The molecule has 2 amide bonds. The smallest absolute Gasteiger partial charge is 0.227 e. The highest BCUT2D eigenvalue weighted by molar-refractivity contribution is 6.00. The molecule has 26 heavy (non-hydrogen) atoms. The Bertz CT molecular complexity index is 782. The van der Waals surface area contributed by atoms with E-state index < -0.39 is 0 Å². The molecule has 1 atom stereocenters. The number of nitrogens with zero attached hydrogens (tertiary/aromatic N) is 1. The average Bonchev–Trinajstić information content (AvgIpc) is 3.02. The summed E-state index contributed by atoms with van der Waals surface area (Å²) < 4.78 is 0. The summed E-state index contributed by atoms with van der Waals surface area (Å²) >= 11 is 0. The number of carbonyl (C=O) groups excluding carboxylic acids is 2. The fourth-order valence-corrected chi connectivity index (χ4v) is 3.12. The summed E-state index contributed by atoms with van der Waals surface area (Å²) in [5.74, 6) is 0.100. The Kier molecular flexibility index (Phi) is 5.26. The van der Waals surface area contributed by atoms with Gasteiger partial charge in [0, 0.05) is 25.2 Å². The number of nitrogens with one attached hydrogen (secondary N) is 1. The molecule has 2 N–H and O–H groups in total. The number of benzene rings is 2. The van der Waals surface area contributed by atoms with E-state index in [2.05, 4.69) is 31.3 Å². The number of phenols is 1. The summed E-state index contributed by atoms with van der Waals surface area (Å²) in [4.78, 5) is 26.3. The Morgan fingerprint density at radius 1 is 1.15 bits per heavy atom. The maximum atomic E-state index is 12.4. The molecule has 0 unspecified atom stereocenters. The van der Waals surface area contributed by atoms with Gasteiger partial charge < -0.3 is 15.3 Å². The number of phenolic OH excluding ortho intramolecular Hbond substituents is 1. The van der Waals surface area contributed by atoms with Gasteiger partial charge in [-0.15, -0.1) is 0 Å². The highest BCUT2D eigenvalue weighted by Crippen LogP contribution is 2.26. The summed E-state index contributed by atoms with van der Waals surface area (Å²) in [7, 11) is 0. The van der Waals surface area contributed by atoms with Crippen molar-refractivity contribution in [3.05, 3.63) is 59.7 Å². The fraction of sp³-hybridized carbons (Fsp3) is 0.333. The lowest BCUT2D eigenvalue weighted by molar-refractivity contribution is -0.126. The highest BCUT2D eigenvalue weighted by atomic mass is 16.3. The van der Waals surface area contributed by atoms with E-state index in [4.69, 9.17) is 0 Å². The summed E-state index contributed by atoms with van der Waals surface area (Å²) in [5, 5.41) is 12.3. The van der Waals surface area contributed by atoms with Crippen LogP contribution < -0.4 is 10.2 Å². The van der Waals surface area contributed by atoms with Crippen molar-refractivity contribution in [1.29, 1.82) is 0 Å². The molecule has 1 heterocycles. The van der Waals surface area contributed by atoms with Crippen LogP contribution in [0.5, 0.6) is 5.75 Å². The van der Waals surface area contributed by atoms with Crippen molar-refractivity contribution in [1.82, 2.24) is 5.32 Å². The number of carbonyl (C=O) groups is 2. The summed E-state index contributed by atoms with van der Waals surface area (Å²) in [6, 6.07) is 14.7. The van der Waals surface area contributed by atoms with Crippen LogP contribution in [0, 0.1) is 5.92 Å². The van der Waals surface area contributed by atoms with Crippen LogP contribution in [-0.2, 0) is 16.1 Å². The molecule has 1 saturated heterocycles. The molecule has 0 spiro atoms.